The van der Waals surface area contributed by atoms with Crippen LogP contribution in [0.15, 0.2) is 30.3 Å². The molecule has 0 saturated heterocycles. The molecule has 0 aliphatic heterocycles. The van der Waals surface area contributed by atoms with Gasteiger partial charge in [0.2, 0.25) is 5.88 Å². The molecule has 4 nitrogen and oxygen atoms in total. The Hall–Kier alpha value is -2.23. The maximum atomic E-state index is 10.0. The first kappa shape index (κ1) is 12.2. The molecular formula is C14H16N2O2. The predicted octanol–water partition coefficient (Wildman–Crippen LogP) is 3.16. The Labute approximate surface area is 106 Å². The van der Waals surface area contributed by atoms with Crippen molar-refractivity contribution in [2.45, 2.75) is 13.8 Å². The standard InChI is InChI=1S/C14H16N2O2/c1-9-7-8-10(2)14(17)13(9)16-11-5-4-6-12(15-11)18-3/h4-8,17H,1-3H3,(H,15,16). The molecule has 0 amide bonds. The number of nitrogens with zero attached hydrogens (tertiary/aromatic N) is 1. The van der Waals surface area contributed by atoms with Crippen LogP contribution in [-0.2, 0) is 0 Å². The van der Waals surface area contributed by atoms with E-state index in [2.05, 4.69) is 10.3 Å². The molecule has 2 N–H and O–H groups in total. The molecule has 94 valence electrons. The molecule has 1 heterocycles. The number of ether oxygens (including phenoxy) is 1. The molecule has 18 heavy (non-hydrogen) atoms. The van der Waals surface area contributed by atoms with Crippen LogP contribution in [0.5, 0.6) is 11.6 Å². The lowest BCUT2D eigenvalue weighted by Crippen LogP contribution is -1.98. The minimum Gasteiger partial charge on any atom is -0.505 e. The van der Waals surface area contributed by atoms with Crippen molar-refractivity contribution in [2.24, 2.45) is 0 Å². The molecule has 0 bridgehead atoms. The normalized spacial score (nSPS) is 10.2. The number of phenolic OH excluding ortho intramolecular Hbond substituents is 1. The van der Waals surface area contributed by atoms with Gasteiger partial charge in [0, 0.05) is 6.07 Å². The van der Waals surface area contributed by atoms with E-state index in [4.69, 9.17) is 4.74 Å². The first-order chi connectivity index (χ1) is 8.61. The number of pyridine rings is 1. The summed E-state index contributed by atoms with van der Waals surface area (Å²) in [5.74, 6) is 1.42. The monoisotopic (exact) mass is 244 g/mol. The summed E-state index contributed by atoms with van der Waals surface area (Å²) >= 11 is 0. The van der Waals surface area contributed by atoms with Crippen LogP contribution < -0.4 is 10.1 Å². The van der Waals surface area contributed by atoms with Gasteiger partial charge >= 0.3 is 0 Å². The van der Waals surface area contributed by atoms with E-state index in [0.717, 1.165) is 11.1 Å². The van der Waals surface area contributed by atoms with E-state index >= 15 is 0 Å². The second-order valence-electron chi connectivity index (χ2n) is 4.11. The molecule has 0 unspecified atom stereocenters. The van der Waals surface area contributed by atoms with Crippen LogP contribution >= 0.6 is 0 Å². The largest absolute Gasteiger partial charge is 0.505 e. The maximum Gasteiger partial charge on any atom is 0.214 e. The molecule has 0 spiro atoms. The van der Waals surface area contributed by atoms with Gasteiger partial charge < -0.3 is 15.2 Å². The molecule has 0 aliphatic rings. The number of hydrogen-bond acceptors (Lipinski definition) is 4. The molecule has 0 radical (unpaired) electrons. The smallest absolute Gasteiger partial charge is 0.214 e. The third-order valence-electron chi connectivity index (χ3n) is 2.77. The van der Waals surface area contributed by atoms with E-state index in [0.29, 0.717) is 17.4 Å². The maximum absolute atomic E-state index is 10.0. The van der Waals surface area contributed by atoms with Crippen molar-refractivity contribution in [3.63, 3.8) is 0 Å². The number of anilines is 2. The van der Waals surface area contributed by atoms with Crippen LogP contribution in [0, 0.1) is 13.8 Å². The highest BCUT2D eigenvalue weighted by Gasteiger charge is 2.08. The number of aromatic hydroxyl groups is 1. The Morgan fingerprint density at radius 2 is 1.83 bits per heavy atom. The first-order valence-electron chi connectivity index (χ1n) is 5.69. The molecular weight excluding hydrogens is 228 g/mol. The molecule has 4 heteroatoms. The fraction of sp³-hybridized carbons (Fsp3) is 0.214. The molecule has 2 rings (SSSR count). The zero-order valence-corrected chi connectivity index (χ0v) is 10.7. The fourth-order valence-electron chi connectivity index (χ4n) is 1.68. The van der Waals surface area contributed by atoms with Gasteiger partial charge in [-0.1, -0.05) is 18.2 Å². The van der Waals surface area contributed by atoms with Gasteiger partial charge in [0.05, 0.1) is 12.8 Å². The summed E-state index contributed by atoms with van der Waals surface area (Å²) in [6.45, 7) is 3.79. The highest BCUT2D eigenvalue weighted by Crippen LogP contribution is 2.32. The first-order valence-corrected chi connectivity index (χ1v) is 5.69. The number of phenols is 1. The van der Waals surface area contributed by atoms with Gasteiger partial charge in [-0.3, -0.25) is 0 Å². The van der Waals surface area contributed by atoms with Crippen LogP contribution in [0.2, 0.25) is 0 Å². The number of methoxy groups -OCH3 is 1. The van der Waals surface area contributed by atoms with Crippen molar-refractivity contribution >= 4 is 11.5 Å². The number of benzene rings is 1. The lowest BCUT2D eigenvalue weighted by molar-refractivity contribution is 0.398. The fourth-order valence-corrected chi connectivity index (χ4v) is 1.68. The van der Waals surface area contributed by atoms with Crippen LogP contribution in [0.1, 0.15) is 11.1 Å². The van der Waals surface area contributed by atoms with E-state index in [1.54, 1.807) is 13.2 Å². The predicted molar refractivity (Wildman–Crippen MR) is 71.7 cm³/mol. The molecule has 0 fully saturated rings. The SMILES string of the molecule is COc1cccc(Nc2c(C)ccc(C)c2O)n1. The summed E-state index contributed by atoms with van der Waals surface area (Å²) in [6.07, 6.45) is 0. The summed E-state index contributed by atoms with van der Waals surface area (Å²) in [5.41, 5.74) is 2.46. The lowest BCUT2D eigenvalue weighted by atomic mass is 10.1. The Kier molecular flexibility index (Phi) is 3.37. The van der Waals surface area contributed by atoms with E-state index in [-0.39, 0.29) is 5.75 Å². The quantitative estimate of drug-likeness (QED) is 0.814. The van der Waals surface area contributed by atoms with E-state index in [9.17, 15) is 5.11 Å². The van der Waals surface area contributed by atoms with Gasteiger partial charge in [-0.25, -0.2) is 0 Å². The van der Waals surface area contributed by atoms with E-state index in [1.807, 2.05) is 38.1 Å². The Morgan fingerprint density at radius 3 is 2.56 bits per heavy atom. The number of aromatic nitrogens is 1. The van der Waals surface area contributed by atoms with Crippen LogP contribution in [-0.4, -0.2) is 17.2 Å². The van der Waals surface area contributed by atoms with Crippen molar-refractivity contribution in [3.05, 3.63) is 41.5 Å². The molecule has 0 saturated carbocycles. The number of nitrogens with one attached hydrogen (secondary N) is 1. The molecule has 0 aliphatic carbocycles. The third kappa shape index (κ3) is 2.37. The average molecular weight is 244 g/mol. The van der Waals surface area contributed by atoms with Crippen molar-refractivity contribution in [1.29, 1.82) is 0 Å². The minimum atomic E-state index is 0.250. The molecule has 2 aromatic rings. The van der Waals surface area contributed by atoms with E-state index < -0.39 is 0 Å². The highest BCUT2D eigenvalue weighted by atomic mass is 16.5. The summed E-state index contributed by atoms with van der Waals surface area (Å²) in [7, 11) is 1.57. The second kappa shape index (κ2) is 4.96. The topological polar surface area (TPSA) is 54.4 Å². The van der Waals surface area contributed by atoms with Gasteiger partial charge in [0.15, 0.2) is 0 Å². The van der Waals surface area contributed by atoms with Gasteiger partial charge in [-0.05, 0) is 31.0 Å². The highest BCUT2D eigenvalue weighted by molar-refractivity contribution is 5.69. The Balaban J connectivity index is 2.36. The summed E-state index contributed by atoms with van der Waals surface area (Å²) in [5, 5.41) is 13.2. The van der Waals surface area contributed by atoms with Gasteiger partial charge in [-0.2, -0.15) is 4.98 Å². The molecule has 1 aromatic heterocycles. The van der Waals surface area contributed by atoms with Crippen LogP contribution in [0.25, 0.3) is 0 Å². The zero-order valence-electron chi connectivity index (χ0n) is 10.7. The molecule has 0 atom stereocenters. The summed E-state index contributed by atoms with van der Waals surface area (Å²) in [4.78, 5) is 4.25. The Morgan fingerprint density at radius 1 is 1.11 bits per heavy atom. The Bertz CT molecular complexity index is 568. The average Bonchev–Trinajstić information content (AvgIpc) is 2.39. The van der Waals surface area contributed by atoms with Crippen LogP contribution in [0.4, 0.5) is 11.5 Å². The van der Waals surface area contributed by atoms with Gasteiger partial charge in [0.1, 0.15) is 11.6 Å². The molecule has 1 aromatic carbocycles. The van der Waals surface area contributed by atoms with Gasteiger partial charge in [-0.15, -0.1) is 0 Å². The summed E-state index contributed by atoms with van der Waals surface area (Å²) < 4.78 is 5.06. The summed E-state index contributed by atoms with van der Waals surface area (Å²) in [6, 6.07) is 9.28. The number of aryl methyl sites for hydroxylation is 2. The third-order valence-corrected chi connectivity index (χ3v) is 2.77. The van der Waals surface area contributed by atoms with E-state index in [1.165, 1.54) is 0 Å². The van der Waals surface area contributed by atoms with Crippen molar-refractivity contribution in [1.82, 2.24) is 4.98 Å². The van der Waals surface area contributed by atoms with Crippen molar-refractivity contribution in [2.75, 3.05) is 12.4 Å². The van der Waals surface area contributed by atoms with Crippen LogP contribution in [0.3, 0.4) is 0 Å². The second-order valence-corrected chi connectivity index (χ2v) is 4.11. The van der Waals surface area contributed by atoms with Crippen molar-refractivity contribution < 1.29 is 9.84 Å². The minimum absolute atomic E-state index is 0.250. The number of hydrogen-bond donors (Lipinski definition) is 2. The zero-order chi connectivity index (χ0) is 13.1. The van der Waals surface area contributed by atoms with Gasteiger partial charge in [0.25, 0.3) is 0 Å². The van der Waals surface area contributed by atoms with Crippen molar-refractivity contribution in [3.8, 4) is 11.6 Å². The lowest BCUT2D eigenvalue weighted by Gasteiger charge is -2.13. The number of rotatable bonds is 3.